The van der Waals surface area contributed by atoms with Crippen LogP contribution in [0.25, 0.3) is 0 Å². The normalized spacial score (nSPS) is 24.7. The molecule has 0 saturated carbocycles. The molecule has 0 spiro atoms. The highest BCUT2D eigenvalue weighted by Gasteiger charge is 2.28. The van der Waals surface area contributed by atoms with Crippen LogP contribution in [0.15, 0.2) is 0 Å². The highest BCUT2D eigenvalue weighted by Crippen LogP contribution is 2.17. The van der Waals surface area contributed by atoms with Crippen LogP contribution in [0.4, 0.5) is 0 Å². The van der Waals surface area contributed by atoms with Gasteiger partial charge in [0.15, 0.2) is 0 Å². The van der Waals surface area contributed by atoms with Gasteiger partial charge in [-0.25, -0.2) is 12.7 Å². The lowest BCUT2D eigenvalue weighted by Gasteiger charge is -2.35. The van der Waals surface area contributed by atoms with Crippen LogP contribution in [-0.2, 0) is 10.0 Å². The van der Waals surface area contributed by atoms with Crippen LogP contribution in [0.5, 0.6) is 0 Å². The molecule has 0 radical (unpaired) electrons. The standard InChI is InChI=1S/C9H19ClN2O2S/c1-11(2)9-4-3-6-12(8-9)15(13,14)7-5-10/h9H,3-8H2,1-2H3. The molecule has 1 unspecified atom stereocenters. The molecular weight excluding hydrogens is 236 g/mol. The van der Waals surface area contributed by atoms with Gasteiger partial charge in [-0.3, -0.25) is 0 Å². The van der Waals surface area contributed by atoms with Crippen molar-refractivity contribution in [2.45, 2.75) is 18.9 Å². The molecule has 0 aromatic heterocycles. The van der Waals surface area contributed by atoms with Crippen LogP contribution in [0.1, 0.15) is 12.8 Å². The summed E-state index contributed by atoms with van der Waals surface area (Å²) in [4.78, 5) is 2.09. The number of piperidine rings is 1. The van der Waals surface area contributed by atoms with Crippen molar-refractivity contribution in [1.29, 1.82) is 0 Å². The number of rotatable bonds is 4. The Labute approximate surface area is 97.2 Å². The van der Waals surface area contributed by atoms with E-state index in [1.165, 1.54) is 0 Å². The van der Waals surface area contributed by atoms with Gasteiger partial charge in [0.05, 0.1) is 5.75 Å². The second-order valence-electron chi connectivity index (χ2n) is 4.12. The zero-order valence-corrected chi connectivity index (χ0v) is 10.9. The van der Waals surface area contributed by atoms with Gasteiger partial charge in [-0.2, -0.15) is 0 Å². The molecule has 90 valence electrons. The summed E-state index contributed by atoms with van der Waals surface area (Å²) in [6.45, 7) is 1.25. The average Bonchev–Trinajstić information content (AvgIpc) is 2.18. The van der Waals surface area contributed by atoms with Crippen LogP contribution >= 0.6 is 11.6 Å². The first-order valence-electron chi connectivity index (χ1n) is 5.17. The Balaban J connectivity index is 2.63. The number of halogens is 1. The highest BCUT2D eigenvalue weighted by molar-refractivity contribution is 7.89. The number of nitrogens with zero attached hydrogens (tertiary/aromatic N) is 2. The van der Waals surface area contributed by atoms with E-state index in [0.717, 1.165) is 12.8 Å². The number of hydrogen-bond donors (Lipinski definition) is 0. The molecule has 1 rings (SSSR count). The predicted molar refractivity (Wildman–Crippen MR) is 62.8 cm³/mol. The smallest absolute Gasteiger partial charge is 0.215 e. The van der Waals surface area contributed by atoms with E-state index in [1.807, 2.05) is 14.1 Å². The van der Waals surface area contributed by atoms with Gasteiger partial charge in [0.2, 0.25) is 10.0 Å². The highest BCUT2D eigenvalue weighted by atomic mass is 35.5. The minimum Gasteiger partial charge on any atom is -0.305 e. The van der Waals surface area contributed by atoms with E-state index in [1.54, 1.807) is 4.31 Å². The van der Waals surface area contributed by atoms with E-state index in [-0.39, 0.29) is 11.6 Å². The lowest BCUT2D eigenvalue weighted by atomic mass is 10.1. The third kappa shape index (κ3) is 3.59. The van der Waals surface area contributed by atoms with Crippen LogP contribution < -0.4 is 0 Å². The van der Waals surface area contributed by atoms with E-state index < -0.39 is 10.0 Å². The van der Waals surface area contributed by atoms with E-state index in [2.05, 4.69) is 4.90 Å². The number of sulfonamides is 1. The molecule has 1 atom stereocenters. The number of alkyl halides is 1. The van der Waals surface area contributed by atoms with Crippen molar-refractivity contribution in [3.05, 3.63) is 0 Å². The van der Waals surface area contributed by atoms with Gasteiger partial charge in [-0.1, -0.05) is 0 Å². The van der Waals surface area contributed by atoms with Crippen LogP contribution in [-0.4, -0.2) is 62.5 Å². The van der Waals surface area contributed by atoms with Crippen molar-refractivity contribution < 1.29 is 8.42 Å². The van der Waals surface area contributed by atoms with Gasteiger partial charge in [0, 0.05) is 25.0 Å². The maximum atomic E-state index is 11.8. The van der Waals surface area contributed by atoms with Gasteiger partial charge >= 0.3 is 0 Å². The molecular formula is C9H19ClN2O2S. The van der Waals surface area contributed by atoms with Crippen molar-refractivity contribution in [2.24, 2.45) is 0 Å². The van der Waals surface area contributed by atoms with E-state index in [4.69, 9.17) is 11.6 Å². The Kier molecular flexibility index (Phi) is 4.83. The van der Waals surface area contributed by atoms with Gasteiger partial charge in [-0.05, 0) is 26.9 Å². The van der Waals surface area contributed by atoms with Crippen molar-refractivity contribution in [3.8, 4) is 0 Å². The molecule has 0 amide bonds. The molecule has 4 nitrogen and oxygen atoms in total. The van der Waals surface area contributed by atoms with Crippen LogP contribution in [0.3, 0.4) is 0 Å². The molecule has 15 heavy (non-hydrogen) atoms. The summed E-state index contributed by atoms with van der Waals surface area (Å²) < 4.78 is 25.1. The molecule has 0 N–H and O–H groups in total. The Morgan fingerprint density at radius 1 is 1.47 bits per heavy atom. The third-order valence-corrected chi connectivity index (χ3v) is 5.07. The van der Waals surface area contributed by atoms with Gasteiger partial charge in [0.25, 0.3) is 0 Å². The fourth-order valence-electron chi connectivity index (χ4n) is 1.82. The Hall–Kier alpha value is 0.160. The topological polar surface area (TPSA) is 40.6 Å². The van der Waals surface area contributed by atoms with Gasteiger partial charge < -0.3 is 4.90 Å². The molecule has 1 aliphatic heterocycles. The Morgan fingerprint density at radius 2 is 2.13 bits per heavy atom. The SMILES string of the molecule is CN(C)C1CCCN(S(=O)(=O)CCCl)C1. The zero-order valence-electron chi connectivity index (χ0n) is 9.32. The summed E-state index contributed by atoms with van der Waals surface area (Å²) >= 11 is 5.49. The summed E-state index contributed by atoms with van der Waals surface area (Å²) in [5, 5.41) is 0. The molecule has 0 aliphatic carbocycles. The summed E-state index contributed by atoms with van der Waals surface area (Å²) in [7, 11) is 0.852. The minimum atomic E-state index is -3.13. The Morgan fingerprint density at radius 3 is 2.67 bits per heavy atom. The maximum Gasteiger partial charge on any atom is 0.215 e. The molecule has 0 aromatic carbocycles. The van der Waals surface area contributed by atoms with Crippen LogP contribution in [0.2, 0.25) is 0 Å². The number of hydrogen-bond acceptors (Lipinski definition) is 3. The largest absolute Gasteiger partial charge is 0.305 e. The van der Waals surface area contributed by atoms with E-state index in [9.17, 15) is 8.42 Å². The van der Waals surface area contributed by atoms with Crippen molar-refractivity contribution in [2.75, 3.05) is 38.8 Å². The van der Waals surface area contributed by atoms with Crippen molar-refractivity contribution in [3.63, 3.8) is 0 Å². The lowest BCUT2D eigenvalue weighted by Crippen LogP contribution is -2.48. The fourth-order valence-corrected chi connectivity index (χ4v) is 3.67. The molecule has 1 saturated heterocycles. The first-order chi connectivity index (χ1) is 6.97. The average molecular weight is 255 g/mol. The zero-order chi connectivity index (χ0) is 11.5. The number of likely N-dealkylation sites (N-methyl/N-ethyl adjacent to an activating group) is 1. The quantitative estimate of drug-likeness (QED) is 0.690. The Bertz CT molecular complexity index is 292. The first kappa shape index (κ1) is 13.2. The first-order valence-corrected chi connectivity index (χ1v) is 7.32. The minimum absolute atomic E-state index is 0.0503. The predicted octanol–water partition coefficient (Wildman–Crippen LogP) is 0.581. The molecule has 0 aromatic rings. The molecule has 1 fully saturated rings. The summed E-state index contributed by atoms with van der Waals surface area (Å²) in [6.07, 6.45) is 2.00. The van der Waals surface area contributed by atoms with Crippen molar-refractivity contribution >= 4 is 21.6 Å². The summed E-state index contributed by atoms with van der Waals surface area (Å²) in [5.74, 6) is 0.222. The van der Waals surface area contributed by atoms with Crippen molar-refractivity contribution in [1.82, 2.24) is 9.21 Å². The van der Waals surface area contributed by atoms with E-state index in [0.29, 0.717) is 19.1 Å². The molecule has 1 heterocycles. The van der Waals surface area contributed by atoms with Crippen LogP contribution in [0, 0.1) is 0 Å². The third-order valence-electron chi connectivity index (χ3n) is 2.82. The second kappa shape index (κ2) is 5.48. The fraction of sp³-hybridized carbons (Fsp3) is 1.00. The monoisotopic (exact) mass is 254 g/mol. The lowest BCUT2D eigenvalue weighted by molar-refractivity contribution is 0.190. The molecule has 0 bridgehead atoms. The van der Waals surface area contributed by atoms with Gasteiger partial charge in [-0.15, -0.1) is 11.6 Å². The van der Waals surface area contributed by atoms with E-state index >= 15 is 0 Å². The maximum absolute atomic E-state index is 11.8. The summed E-state index contributed by atoms with van der Waals surface area (Å²) in [5.41, 5.74) is 0. The second-order valence-corrected chi connectivity index (χ2v) is 6.59. The summed E-state index contributed by atoms with van der Waals surface area (Å²) in [6, 6.07) is 0.337. The van der Waals surface area contributed by atoms with Gasteiger partial charge in [0.1, 0.15) is 0 Å². The molecule has 6 heteroatoms. The molecule has 1 aliphatic rings.